The Bertz CT molecular complexity index is 450. The van der Waals surface area contributed by atoms with Gasteiger partial charge in [0.1, 0.15) is 5.75 Å². The van der Waals surface area contributed by atoms with Gasteiger partial charge in [0.25, 0.3) is 0 Å². The SMILES string of the molecule is COc1ccc(C(C)NC(=O)C2(N)CCCCC2)cc1. The van der Waals surface area contributed by atoms with Gasteiger partial charge >= 0.3 is 0 Å². The standard InChI is InChI=1S/C16H24N2O2/c1-12(13-6-8-14(20-2)9-7-13)18-15(19)16(17)10-4-3-5-11-16/h6-9,12H,3-5,10-11,17H2,1-2H3,(H,18,19). The number of nitrogens with one attached hydrogen (secondary N) is 1. The average Bonchev–Trinajstić information content (AvgIpc) is 2.48. The summed E-state index contributed by atoms with van der Waals surface area (Å²) in [6.07, 6.45) is 4.84. The Morgan fingerprint density at radius 2 is 1.85 bits per heavy atom. The van der Waals surface area contributed by atoms with Crippen molar-refractivity contribution >= 4 is 5.91 Å². The molecule has 2 rings (SSSR count). The molecule has 1 atom stereocenters. The quantitative estimate of drug-likeness (QED) is 0.888. The summed E-state index contributed by atoms with van der Waals surface area (Å²) in [5, 5.41) is 3.04. The third-order valence-electron chi connectivity index (χ3n) is 4.16. The van der Waals surface area contributed by atoms with Crippen LogP contribution < -0.4 is 15.8 Å². The van der Waals surface area contributed by atoms with E-state index in [0.29, 0.717) is 0 Å². The Morgan fingerprint density at radius 3 is 2.40 bits per heavy atom. The van der Waals surface area contributed by atoms with Crippen LogP contribution in [0.3, 0.4) is 0 Å². The molecule has 3 N–H and O–H groups in total. The lowest BCUT2D eigenvalue weighted by Gasteiger charge is -2.33. The fourth-order valence-electron chi connectivity index (χ4n) is 2.73. The number of nitrogens with two attached hydrogens (primary N) is 1. The fraction of sp³-hybridized carbons (Fsp3) is 0.562. The second-order valence-corrected chi connectivity index (χ2v) is 5.69. The monoisotopic (exact) mass is 276 g/mol. The van der Waals surface area contributed by atoms with Crippen molar-refractivity contribution in [2.45, 2.75) is 50.6 Å². The molecule has 1 amide bonds. The highest BCUT2D eigenvalue weighted by molar-refractivity contribution is 5.86. The molecule has 0 aliphatic heterocycles. The maximum absolute atomic E-state index is 12.4. The predicted octanol–water partition coefficient (Wildman–Crippen LogP) is 2.53. The minimum atomic E-state index is -0.682. The van der Waals surface area contributed by atoms with Crippen molar-refractivity contribution in [3.63, 3.8) is 0 Å². The minimum Gasteiger partial charge on any atom is -0.497 e. The van der Waals surface area contributed by atoms with Crippen LogP contribution in [0.5, 0.6) is 5.75 Å². The van der Waals surface area contributed by atoms with E-state index in [1.54, 1.807) is 7.11 Å². The van der Waals surface area contributed by atoms with Crippen LogP contribution in [0.25, 0.3) is 0 Å². The van der Waals surface area contributed by atoms with Crippen molar-refractivity contribution in [2.24, 2.45) is 5.73 Å². The first-order valence-corrected chi connectivity index (χ1v) is 7.29. The second kappa shape index (κ2) is 6.27. The van der Waals surface area contributed by atoms with E-state index in [4.69, 9.17) is 10.5 Å². The van der Waals surface area contributed by atoms with Gasteiger partial charge in [-0.15, -0.1) is 0 Å². The van der Waals surface area contributed by atoms with Crippen LogP contribution in [-0.2, 0) is 4.79 Å². The van der Waals surface area contributed by atoms with Crippen LogP contribution in [0, 0.1) is 0 Å². The van der Waals surface area contributed by atoms with Gasteiger partial charge in [0.05, 0.1) is 18.7 Å². The molecule has 0 aromatic heterocycles. The average molecular weight is 276 g/mol. The molecule has 1 unspecified atom stereocenters. The normalized spacial score (nSPS) is 19.1. The van der Waals surface area contributed by atoms with Gasteiger partial charge in [0.15, 0.2) is 0 Å². The van der Waals surface area contributed by atoms with E-state index in [9.17, 15) is 4.79 Å². The molecule has 0 spiro atoms. The summed E-state index contributed by atoms with van der Waals surface area (Å²) in [7, 11) is 1.64. The zero-order valence-electron chi connectivity index (χ0n) is 12.3. The molecule has 4 heteroatoms. The molecule has 1 aliphatic carbocycles. The first kappa shape index (κ1) is 14.9. The Hall–Kier alpha value is -1.55. The van der Waals surface area contributed by atoms with Crippen molar-refractivity contribution < 1.29 is 9.53 Å². The molecule has 0 radical (unpaired) electrons. The summed E-state index contributed by atoms with van der Waals surface area (Å²) in [6, 6.07) is 7.69. The number of carbonyl (C=O) groups is 1. The zero-order valence-corrected chi connectivity index (χ0v) is 12.3. The maximum Gasteiger partial charge on any atom is 0.240 e. The van der Waals surface area contributed by atoms with Gasteiger partial charge in [0.2, 0.25) is 5.91 Å². The van der Waals surface area contributed by atoms with E-state index in [2.05, 4.69) is 5.32 Å². The summed E-state index contributed by atoms with van der Waals surface area (Å²) >= 11 is 0. The molecule has 0 heterocycles. The second-order valence-electron chi connectivity index (χ2n) is 5.69. The number of hydrogen-bond donors (Lipinski definition) is 2. The van der Waals surface area contributed by atoms with Gasteiger partial charge in [-0.1, -0.05) is 31.4 Å². The summed E-state index contributed by atoms with van der Waals surface area (Å²) in [4.78, 5) is 12.4. The van der Waals surface area contributed by atoms with Gasteiger partial charge in [-0.25, -0.2) is 0 Å². The van der Waals surface area contributed by atoms with Gasteiger partial charge in [-0.2, -0.15) is 0 Å². The molecule has 1 aliphatic rings. The van der Waals surface area contributed by atoms with E-state index in [1.165, 1.54) is 6.42 Å². The zero-order chi connectivity index (χ0) is 14.6. The maximum atomic E-state index is 12.4. The van der Waals surface area contributed by atoms with Crippen molar-refractivity contribution in [2.75, 3.05) is 7.11 Å². The summed E-state index contributed by atoms with van der Waals surface area (Å²) in [5.74, 6) is 0.787. The number of methoxy groups -OCH3 is 1. The number of hydrogen-bond acceptors (Lipinski definition) is 3. The van der Waals surface area contributed by atoms with E-state index in [1.807, 2.05) is 31.2 Å². The van der Waals surface area contributed by atoms with Gasteiger partial charge < -0.3 is 15.8 Å². The highest BCUT2D eigenvalue weighted by atomic mass is 16.5. The summed E-state index contributed by atoms with van der Waals surface area (Å²) in [5.41, 5.74) is 6.62. The third kappa shape index (κ3) is 3.31. The van der Waals surface area contributed by atoms with Crippen molar-refractivity contribution in [1.82, 2.24) is 5.32 Å². The fourth-order valence-corrected chi connectivity index (χ4v) is 2.73. The summed E-state index contributed by atoms with van der Waals surface area (Å²) in [6.45, 7) is 1.98. The van der Waals surface area contributed by atoms with Crippen LogP contribution in [0.15, 0.2) is 24.3 Å². The third-order valence-corrected chi connectivity index (χ3v) is 4.16. The van der Waals surface area contributed by atoms with Crippen LogP contribution >= 0.6 is 0 Å². The molecule has 20 heavy (non-hydrogen) atoms. The van der Waals surface area contributed by atoms with Gasteiger partial charge in [-0.05, 0) is 37.5 Å². The van der Waals surface area contributed by atoms with E-state index in [-0.39, 0.29) is 11.9 Å². The lowest BCUT2D eigenvalue weighted by Crippen LogP contribution is -2.55. The Balaban J connectivity index is 1.99. The molecular weight excluding hydrogens is 252 g/mol. The van der Waals surface area contributed by atoms with Crippen LogP contribution in [0.4, 0.5) is 0 Å². The molecule has 1 aromatic carbocycles. The largest absolute Gasteiger partial charge is 0.497 e. The molecule has 1 aromatic rings. The smallest absolute Gasteiger partial charge is 0.240 e. The number of carbonyl (C=O) groups excluding carboxylic acids is 1. The molecule has 0 saturated heterocycles. The molecule has 4 nitrogen and oxygen atoms in total. The molecule has 1 saturated carbocycles. The number of amides is 1. The van der Waals surface area contributed by atoms with Crippen molar-refractivity contribution in [3.8, 4) is 5.75 Å². The van der Waals surface area contributed by atoms with Gasteiger partial charge in [0, 0.05) is 0 Å². The first-order chi connectivity index (χ1) is 9.55. The van der Waals surface area contributed by atoms with Crippen LogP contribution in [-0.4, -0.2) is 18.6 Å². The van der Waals surface area contributed by atoms with Gasteiger partial charge in [-0.3, -0.25) is 4.79 Å². The first-order valence-electron chi connectivity index (χ1n) is 7.29. The van der Waals surface area contributed by atoms with E-state index in [0.717, 1.165) is 37.0 Å². The lowest BCUT2D eigenvalue weighted by molar-refractivity contribution is -0.128. The Kier molecular flexibility index (Phi) is 4.65. The highest BCUT2D eigenvalue weighted by Crippen LogP contribution is 2.27. The predicted molar refractivity (Wildman–Crippen MR) is 79.6 cm³/mol. The minimum absolute atomic E-state index is 0.0273. The number of rotatable bonds is 4. The van der Waals surface area contributed by atoms with Crippen molar-refractivity contribution in [3.05, 3.63) is 29.8 Å². The molecular formula is C16H24N2O2. The van der Waals surface area contributed by atoms with Crippen LogP contribution in [0.1, 0.15) is 50.6 Å². The Morgan fingerprint density at radius 1 is 1.25 bits per heavy atom. The summed E-state index contributed by atoms with van der Waals surface area (Å²) < 4.78 is 5.13. The topological polar surface area (TPSA) is 64.3 Å². The van der Waals surface area contributed by atoms with E-state index < -0.39 is 5.54 Å². The number of benzene rings is 1. The lowest BCUT2D eigenvalue weighted by atomic mass is 9.81. The molecule has 110 valence electrons. The molecule has 1 fully saturated rings. The number of ether oxygens (including phenoxy) is 1. The molecule has 0 bridgehead atoms. The Labute approximate surface area is 120 Å². The van der Waals surface area contributed by atoms with Crippen molar-refractivity contribution in [1.29, 1.82) is 0 Å². The van der Waals surface area contributed by atoms with E-state index >= 15 is 0 Å². The highest BCUT2D eigenvalue weighted by Gasteiger charge is 2.35. The van der Waals surface area contributed by atoms with Crippen LogP contribution in [0.2, 0.25) is 0 Å².